The lowest BCUT2D eigenvalue weighted by Gasteiger charge is -2.28. The molecule has 4 atom stereocenters. The van der Waals surface area contributed by atoms with Crippen LogP contribution in [0.5, 0.6) is 0 Å². The number of imidazole rings is 2. The lowest BCUT2D eigenvalue weighted by Crippen LogP contribution is -2.50. The Morgan fingerprint density at radius 2 is 1.46 bits per heavy atom. The van der Waals surface area contributed by atoms with E-state index in [0.717, 1.165) is 23.8 Å². The minimum atomic E-state index is -4.70. The van der Waals surface area contributed by atoms with Gasteiger partial charge in [0.25, 0.3) is 0 Å². The number of aromatic amines is 2. The van der Waals surface area contributed by atoms with Crippen LogP contribution in [-0.4, -0.2) is 92.3 Å². The molecule has 0 radical (unpaired) electrons. The Morgan fingerprint density at radius 3 is 2.10 bits per heavy atom. The minimum absolute atomic E-state index is 0.195. The van der Waals surface area contributed by atoms with Crippen LogP contribution in [0, 0.1) is 0 Å². The fourth-order valence-electron chi connectivity index (χ4n) is 6.87. The second-order valence-corrected chi connectivity index (χ2v) is 12.9. The zero-order chi connectivity index (χ0) is 37.4. The molecule has 0 unspecified atom stereocenters. The van der Waals surface area contributed by atoms with Crippen LogP contribution in [0.4, 0.5) is 31.1 Å². The second-order valence-electron chi connectivity index (χ2n) is 12.9. The highest BCUT2D eigenvalue weighted by atomic mass is 19.4. The van der Waals surface area contributed by atoms with E-state index in [9.17, 15) is 40.7 Å². The molecule has 2 aliphatic heterocycles. The Kier molecular flexibility index (Phi) is 10.2. The van der Waals surface area contributed by atoms with Crippen molar-refractivity contribution in [3.8, 4) is 22.4 Å². The van der Waals surface area contributed by atoms with Gasteiger partial charge in [-0.1, -0.05) is 30.3 Å². The van der Waals surface area contributed by atoms with E-state index in [1.165, 1.54) is 9.80 Å². The molecule has 4 heterocycles. The number of ether oxygens (including phenoxy) is 1. The van der Waals surface area contributed by atoms with Crippen LogP contribution >= 0.6 is 0 Å². The van der Waals surface area contributed by atoms with Crippen molar-refractivity contribution in [3.05, 3.63) is 60.3 Å². The number of nitrogens with one attached hydrogen (secondary N) is 3. The number of likely N-dealkylation sites (tertiary alicyclic amines) is 2. The number of benzene rings is 2. The van der Waals surface area contributed by atoms with Gasteiger partial charge in [0.15, 0.2) is 0 Å². The van der Waals surface area contributed by atoms with Gasteiger partial charge in [-0.2, -0.15) is 26.3 Å². The number of methoxy groups -OCH3 is 1. The normalized spacial score (nSPS) is 19.2. The lowest BCUT2D eigenvalue weighted by atomic mass is 10.0. The van der Waals surface area contributed by atoms with Crippen LogP contribution < -0.4 is 11.1 Å². The van der Waals surface area contributed by atoms with Gasteiger partial charge in [0.1, 0.15) is 17.7 Å². The van der Waals surface area contributed by atoms with Gasteiger partial charge >= 0.3 is 18.4 Å². The highest BCUT2D eigenvalue weighted by Crippen LogP contribution is 2.36. The topological polar surface area (TPSA) is 162 Å². The van der Waals surface area contributed by atoms with E-state index < -0.39 is 67.3 Å². The monoisotopic (exact) mass is 734 g/mol. The van der Waals surface area contributed by atoms with E-state index in [-0.39, 0.29) is 13.1 Å². The molecule has 52 heavy (non-hydrogen) atoms. The van der Waals surface area contributed by atoms with Gasteiger partial charge in [0.05, 0.1) is 61.0 Å². The molecule has 18 heteroatoms. The number of alkyl carbamates (subject to hydrolysis) is 1. The number of hydrogen-bond donors (Lipinski definition) is 4. The molecule has 5 N–H and O–H groups in total. The van der Waals surface area contributed by atoms with Crippen molar-refractivity contribution in [1.82, 2.24) is 35.1 Å². The smallest absolute Gasteiger partial charge is 0.407 e. The Balaban J connectivity index is 1.16. The number of rotatable bonds is 9. The van der Waals surface area contributed by atoms with Crippen molar-refractivity contribution in [2.75, 3.05) is 20.2 Å². The zero-order valence-corrected chi connectivity index (χ0v) is 27.9. The molecule has 12 nitrogen and oxygen atoms in total. The highest BCUT2D eigenvalue weighted by molar-refractivity contribution is 5.87. The maximum Gasteiger partial charge on any atom is 0.407 e. The Labute approximate surface area is 293 Å². The predicted octanol–water partition coefficient (Wildman–Crippen LogP) is 5.90. The summed E-state index contributed by atoms with van der Waals surface area (Å²) in [6, 6.07) is 8.38. The minimum Gasteiger partial charge on any atom is -0.453 e. The molecule has 2 aliphatic rings. The molecule has 6 rings (SSSR count). The standard InChI is InChI=1S/C34H36F6N8O4/c1-52-32(51)46-24(16-34(38,39)40)31(50)48-13-3-5-27(48)29-43-22-11-10-20(14-23(22)44-29)18-6-8-19(9-7-18)25-17-42-28(45-25)26-4-2-12-47(26)30(49)21(41)15-33(35,36)37/h6-11,14,17,21,24,26-27H,2-5,12-13,15-16,41H2,1H3,(H,42,45)(H,43,44)(H,46,51)/t21-,24-,26-,27-/m0/s1. The number of nitrogens with two attached hydrogens (primary N) is 1. The first-order valence-electron chi connectivity index (χ1n) is 16.6. The Bertz CT molecular complexity index is 1920. The first kappa shape index (κ1) is 36.7. The number of H-pyrrole nitrogens is 2. The van der Waals surface area contributed by atoms with Gasteiger partial charge in [0, 0.05) is 13.1 Å². The molecule has 0 bridgehead atoms. The Morgan fingerprint density at radius 1 is 0.865 bits per heavy atom. The molecule has 0 spiro atoms. The van der Waals surface area contributed by atoms with Gasteiger partial charge in [-0.3, -0.25) is 9.59 Å². The van der Waals surface area contributed by atoms with Crippen LogP contribution in [0.1, 0.15) is 62.3 Å². The molecule has 2 saturated heterocycles. The summed E-state index contributed by atoms with van der Waals surface area (Å²) in [5, 5.41) is 2.01. The summed E-state index contributed by atoms with van der Waals surface area (Å²) in [4.78, 5) is 55.9. The molecule has 2 aromatic carbocycles. The van der Waals surface area contributed by atoms with Crippen molar-refractivity contribution >= 4 is 28.9 Å². The molecule has 0 aliphatic carbocycles. The van der Waals surface area contributed by atoms with Crippen molar-refractivity contribution in [2.45, 2.75) is 75.0 Å². The molecule has 0 saturated carbocycles. The van der Waals surface area contributed by atoms with Gasteiger partial charge in [-0.25, -0.2) is 14.8 Å². The first-order valence-corrected chi connectivity index (χ1v) is 16.6. The average molecular weight is 735 g/mol. The van der Waals surface area contributed by atoms with Gasteiger partial charge < -0.3 is 35.6 Å². The number of fused-ring (bicyclic) bond motifs is 1. The molecule has 4 aromatic rings. The van der Waals surface area contributed by atoms with Crippen LogP contribution in [0.2, 0.25) is 0 Å². The van der Waals surface area contributed by atoms with Crippen LogP contribution in [0.3, 0.4) is 0 Å². The summed E-state index contributed by atoms with van der Waals surface area (Å²) in [6.45, 7) is 0.482. The van der Waals surface area contributed by atoms with E-state index in [0.29, 0.717) is 54.1 Å². The van der Waals surface area contributed by atoms with E-state index in [1.54, 1.807) is 12.3 Å². The van der Waals surface area contributed by atoms with Crippen molar-refractivity contribution in [3.63, 3.8) is 0 Å². The fraction of sp³-hybridized carbons (Fsp3) is 0.441. The Hall–Kier alpha value is -5.13. The molecular weight excluding hydrogens is 698 g/mol. The van der Waals surface area contributed by atoms with Crippen molar-refractivity contribution in [1.29, 1.82) is 0 Å². The quantitative estimate of drug-likeness (QED) is 0.156. The fourth-order valence-corrected chi connectivity index (χ4v) is 6.87. The third-order valence-corrected chi connectivity index (χ3v) is 9.31. The summed E-state index contributed by atoms with van der Waals surface area (Å²) in [7, 11) is 1.000. The van der Waals surface area contributed by atoms with Crippen molar-refractivity contribution < 1.29 is 45.5 Å². The second kappa shape index (κ2) is 14.5. The summed E-state index contributed by atoms with van der Waals surface area (Å²) in [6.07, 6.45) is -9.59. The van der Waals surface area contributed by atoms with E-state index in [4.69, 9.17) is 5.73 Å². The number of carbonyl (C=O) groups excluding carboxylic acids is 3. The first-order chi connectivity index (χ1) is 24.6. The molecule has 2 aromatic heterocycles. The number of hydrogen-bond acceptors (Lipinski definition) is 7. The molecule has 3 amide bonds. The molecular formula is C34H36F6N8O4. The van der Waals surface area contributed by atoms with Gasteiger partial charge in [-0.05, 0) is 54.5 Å². The van der Waals surface area contributed by atoms with E-state index in [1.807, 2.05) is 41.7 Å². The zero-order valence-electron chi connectivity index (χ0n) is 27.9. The third-order valence-electron chi connectivity index (χ3n) is 9.31. The number of alkyl halides is 6. The lowest BCUT2D eigenvalue weighted by molar-refractivity contribution is -0.154. The van der Waals surface area contributed by atoms with Gasteiger partial charge in [-0.15, -0.1) is 0 Å². The number of carbonyl (C=O) groups is 3. The van der Waals surface area contributed by atoms with E-state index >= 15 is 0 Å². The predicted molar refractivity (Wildman–Crippen MR) is 175 cm³/mol. The van der Waals surface area contributed by atoms with Crippen molar-refractivity contribution in [2.24, 2.45) is 5.73 Å². The maximum absolute atomic E-state index is 13.3. The average Bonchev–Trinajstić information content (AvgIpc) is 3.91. The van der Waals surface area contributed by atoms with Crippen LogP contribution in [-0.2, 0) is 14.3 Å². The molecule has 278 valence electrons. The number of halogens is 6. The SMILES string of the molecule is COC(=O)N[C@@H](CC(F)(F)F)C(=O)N1CCC[C@H]1c1nc2ccc(-c3ccc(-c4cnc([C@@H]5CCCN5C(=O)[C@@H](N)CC(F)(F)F)[nH]4)cc3)cc2[nH]1. The maximum atomic E-state index is 13.3. The van der Waals surface area contributed by atoms with Crippen LogP contribution in [0.25, 0.3) is 33.4 Å². The summed E-state index contributed by atoms with van der Waals surface area (Å²) < 4.78 is 82.8. The number of amides is 3. The summed E-state index contributed by atoms with van der Waals surface area (Å²) in [5.41, 5.74) is 9.97. The number of nitrogens with zero attached hydrogens (tertiary/aromatic N) is 4. The van der Waals surface area contributed by atoms with Crippen LogP contribution in [0.15, 0.2) is 48.7 Å². The third kappa shape index (κ3) is 8.16. The molecule has 2 fully saturated rings. The summed E-state index contributed by atoms with van der Waals surface area (Å²) >= 11 is 0. The van der Waals surface area contributed by atoms with Gasteiger partial charge in [0.2, 0.25) is 11.8 Å². The van der Waals surface area contributed by atoms with E-state index in [2.05, 4.69) is 24.7 Å². The number of aromatic nitrogens is 4. The summed E-state index contributed by atoms with van der Waals surface area (Å²) in [5.74, 6) is -0.769. The largest absolute Gasteiger partial charge is 0.453 e. The highest BCUT2D eigenvalue weighted by Gasteiger charge is 2.42.